The van der Waals surface area contributed by atoms with Crippen molar-refractivity contribution < 1.29 is 0 Å². The molecule has 6 nitrogen and oxygen atoms in total. The third-order valence-electron chi connectivity index (χ3n) is 5.80. The van der Waals surface area contributed by atoms with E-state index >= 15 is 0 Å². The van der Waals surface area contributed by atoms with Gasteiger partial charge in [0.2, 0.25) is 0 Å². The average Bonchev–Trinajstić information content (AvgIpc) is 3.21. The van der Waals surface area contributed by atoms with Crippen LogP contribution in [0.4, 0.5) is 0 Å². The van der Waals surface area contributed by atoms with Gasteiger partial charge in [-0.05, 0) is 35.9 Å². The van der Waals surface area contributed by atoms with Crippen molar-refractivity contribution in [1.29, 1.82) is 5.26 Å². The van der Waals surface area contributed by atoms with E-state index in [1.54, 1.807) is 12.3 Å². The molecule has 0 radical (unpaired) electrons. The minimum atomic E-state index is -0.203. The van der Waals surface area contributed by atoms with Gasteiger partial charge in [-0.15, -0.1) is 0 Å². The number of hydrogen-bond donors (Lipinski definition) is 0. The Kier molecular flexibility index (Phi) is 5.83. The first-order valence-electron chi connectivity index (χ1n) is 10.9. The molecule has 0 aliphatic rings. The molecule has 7 heteroatoms. The molecule has 2 aromatic heterocycles. The molecule has 0 saturated heterocycles. The molecule has 34 heavy (non-hydrogen) atoms. The molecule has 0 unspecified atom stereocenters. The summed E-state index contributed by atoms with van der Waals surface area (Å²) in [6.45, 7) is 2.51. The molecule has 0 amide bonds. The lowest BCUT2D eigenvalue weighted by Crippen LogP contribution is -2.22. The Labute approximate surface area is 204 Å². The van der Waals surface area contributed by atoms with Crippen LogP contribution < -0.4 is 5.56 Å². The smallest absolute Gasteiger partial charge is 0.282 e. The number of para-hydroxylation sites is 1. The zero-order chi connectivity index (χ0) is 23.7. The highest BCUT2D eigenvalue weighted by atomic mass is 79.9. The van der Waals surface area contributed by atoms with Gasteiger partial charge in [-0.2, -0.15) is 15.0 Å². The van der Waals surface area contributed by atoms with Gasteiger partial charge in [0.05, 0.1) is 28.8 Å². The first-order chi connectivity index (χ1) is 16.6. The molecule has 0 atom stereocenters. The molecule has 166 valence electrons. The highest BCUT2D eigenvalue weighted by molar-refractivity contribution is 9.10. The summed E-state index contributed by atoms with van der Waals surface area (Å²) in [7, 11) is 0. The van der Waals surface area contributed by atoms with Gasteiger partial charge < -0.3 is 4.57 Å². The molecule has 0 saturated carbocycles. The van der Waals surface area contributed by atoms with E-state index in [0.29, 0.717) is 35.3 Å². The van der Waals surface area contributed by atoms with Gasteiger partial charge in [0, 0.05) is 40.1 Å². The normalized spacial score (nSPS) is 11.4. The average molecular weight is 510 g/mol. The maximum absolute atomic E-state index is 13.2. The van der Waals surface area contributed by atoms with Crippen molar-refractivity contribution in [2.75, 3.05) is 0 Å². The predicted octanol–water partition coefficient (Wildman–Crippen LogP) is 5.48. The number of rotatable bonds is 5. The van der Waals surface area contributed by atoms with Gasteiger partial charge in [0.25, 0.3) is 5.56 Å². The summed E-state index contributed by atoms with van der Waals surface area (Å²) < 4.78 is 4.30. The van der Waals surface area contributed by atoms with Crippen molar-refractivity contribution >= 4 is 44.0 Å². The van der Waals surface area contributed by atoms with E-state index in [4.69, 9.17) is 0 Å². The summed E-state index contributed by atoms with van der Waals surface area (Å²) in [5.41, 5.74) is 3.97. The monoisotopic (exact) mass is 509 g/mol. The number of halogens is 1. The fourth-order valence-corrected chi connectivity index (χ4v) is 4.48. The van der Waals surface area contributed by atoms with E-state index in [-0.39, 0.29) is 5.56 Å². The molecule has 0 N–H and O–H groups in total. The molecule has 0 bridgehead atoms. The van der Waals surface area contributed by atoms with E-state index in [0.717, 1.165) is 26.5 Å². The Balaban J connectivity index is 1.61. The van der Waals surface area contributed by atoms with Crippen LogP contribution in [0.5, 0.6) is 0 Å². The molecule has 3 aromatic carbocycles. The number of nitrogens with zero attached hydrogens (tertiary/aromatic N) is 5. The molecule has 0 spiro atoms. The van der Waals surface area contributed by atoms with Crippen LogP contribution in [0, 0.1) is 11.3 Å². The Hall–Kier alpha value is -4.02. The number of aryl methyl sites for hydroxylation is 1. The summed E-state index contributed by atoms with van der Waals surface area (Å²) in [5, 5.41) is 15.6. The molecular weight excluding hydrogens is 490 g/mol. The zero-order valence-corrected chi connectivity index (χ0v) is 20.0. The summed E-state index contributed by atoms with van der Waals surface area (Å²) >= 11 is 3.43. The Morgan fingerprint density at radius 3 is 2.71 bits per heavy atom. The lowest BCUT2D eigenvalue weighted by Gasteiger charge is -2.07. The van der Waals surface area contributed by atoms with Crippen molar-refractivity contribution in [3.63, 3.8) is 0 Å². The summed E-state index contributed by atoms with van der Waals surface area (Å²) in [5.74, 6) is 0.600. The van der Waals surface area contributed by atoms with Gasteiger partial charge in [0.1, 0.15) is 5.82 Å². The lowest BCUT2D eigenvalue weighted by atomic mass is 10.1. The SMILES string of the molecule is CCc1nc2ccc(Br)cc2c(=O)n1N=Cc1cn(Cc2ccccc2C#N)c2ccccc12. The first-order valence-corrected chi connectivity index (χ1v) is 11.7. The van der Waals surface area contributed by atoms with Crippen molar-refractivity contribution in [1.82, 2.24) is 14.2 Å². The van der Waals surface area contributed by atoms with Crippen molar-refractivity contribution in [3.8, 4) is 6.07 Å². The minimum absolute atomic E-state index is 0.203. The molecule has 0 aliphatic heterocycles. The topological polar surface area (TPSA) is 76.0 Å². The van der Waals surface area contributed by atoms with Crippen LogP contribution >= 0.6 is 15.9 Å². The molecule has 0 aliphatic carbocycles. The van der Waals surface area contributed by atoms with Gasteiger partial charge in [-0.1, -0.05) is 59.3 Å². The van der Waals surface area contributed by atoms with Crippen LogP contribution in [0.25, 0.3) is 21.8 Å². The number of benzene rings is 3. The standard InChI is InChI=1S/C27H20BrN5O/c1-2-26-31-24-12-11-21(28)13-23(24)27(34)33(26)30-15-20-17-32(25-10-6-5-9-22(20)25)16-19-8-4-3-7-18(19)14-29/h3-13,15,17H,2,16H2,1H3. The van der Waals surface area contributed by atoms with Gasteiger partial charge in [-0.25, -0.2) is 4.98 Å². The van der Waals surface area contributed by atoms with Crippen LogP contribution in [0.3, 0.4) is 0 Å². The summed E-state index contributed by atoms with van der Waals surface area (Å²) in [6.07, 6.45) is 4.29. The number of hydrogen-bond acceptors (Lipinski definition) is 4. The highest BCUT2D eigenvalue weighted by Gasteiger charge is 2.12. The predicted molar refractivity (Wildman–Crippen MR) is 138 cm³/mol. The van der Waals surface area contributed by atoms with Crippen LogP contribution in [0.1, 0.15) is 29.4 Å². The largest absolute Gasteiger partial charge is 0.342 e. The van der Waals surface area contributed by atoms with Crippen molar-refractivity contribution in [2.45, 2.75) is 19.9 Å². The Morgan fingerprint density at radius 2 is 1.88 bits per heavy atom. The number of aromatic nitrogens is 3. The van der Waals surface area contributed by atoms with Crippen molar-refractivity contribution in [2.24, 2.45) is 5.10 Å². The van der Waals surface area contributed by atoms with Crippen LogP contribution in [-0.2, 0) is 13.0 Å². The first kappa shape index (κ1) is 21.8. The maximum Gasteiger partial charge on any atom is 0.282 e. The van der Waals surface area contributed by atoms with E-state index in [1.807, 2.05) is 73.8 Å². The zero-order valence-electron chi connectivity index (χ0n) is 18.4. The quantitative estimate of drug-likeness (QED) is 0.294. The Morgan fingerprint density at radius 1 is 1.09 bits per heavy atom. The van der Waals surface area contributed by atoms with Gasteiger partial charge in [0.15, 0.2) is 0 Å². The van der Waals surface area contributed by atoms with Crippen molar-refractivity contribution in [3.05, 3.63) is 110 Å². The van der Waals surface area contributed by atoms with E-state index in [2.05, 4.69) is 36.7 Å². The number of fused-ring (bicyclic) bond motifs is 2. The fourth-order valence-electron chi connectivity index (χ4n) is 4.12. The van der Waals surface area contributed by atoms with Gasteiger partial charge >= 0.3 is 0 Å². The lowest BCUT2D eigenvalue weighted by molar-refractivity contribution is 0.734. The highest BCUT2D eigenvalue weighted by Crippen LogP contribution is 2.22. The summed E-state index contributed by atoms with van der Waals surface area (Å²) in [6, 6.07) is 23.4. The van der Waals surface area contributed by atoms with Crippen LogP contribution in [-0.4, -0.2) is 20.4 Å². The third kappa shape index (κ3) is 3.93. The van der Waals surface area contributed by atoms with E-state index in [1.165, 1.54) is 4.68 Å². The molecule has 0 fully saturated rings. The second-order valence-electron chi connectivity index (χ2n) is 7.90. The molecule has 2 heterocycles. The molecule has 5 aromatic rings. The van der Waals surface area contributed by atoms with Gasteiger partial charge in [-0.3, -0.25) is 4.79 Å². The third-order valence-corrected chi connectivity index (χ3v) is 6.30. The molecular formula is C27H20BrN5O. The minimum Gasteiger partial charge on any atom is -0.342 e. The van der Waals surface area contributed by atoms with Crippen LogP contribution in [0.2, 0.25) is 0 Å². The fraction of sp³-hybridized carbons (Fsp3) is 0.111. The number of nitriles is 1. The summed E-state index contributed by atoms with van der Waals surface area (Å²) in [4.78, 5) is 17.9. The Bertz CT molecular complexity index is 1670. The second kappa shape index (κ2) is 9.08. The van der Waals surface area contributed by atoms with E-state index in [9.17, 15) is 10.1 Å². The maximum atomic E-state index is 13.2. The van der Waals surface area contributed by atoms with Crippen LogP contribution in [0.15, 0.2) is 87.3 Å². The second-order valence-corrected chi connectivity index (χ2v) is 8.82. The van der Waals surface area contributed by atoms with E-state index < -0.39 is 0 Å². The molecule has 5 rings (SSSR count).